The van der Waals surface area contributed by atoms with Crippen LogP contribution in [0, 0.1) is 0 Å². The quantitative estimate of drug-likeness (QED) is 0.429. The van der Waals surface area contributed by atoms with Gasteiger partial charge in [0.05, 0.1) is 4.90 Å². The molecule has 0 spiro atoms. The highest BCUT2D eigenvalue weighted by Gasteiger charge is 2.27. The third-order valence-electron chi connectivity index (χ3n) is 2.36. The van der Waals surface area contributed by atoms with E-state index in [1.54, 1.807) is 13.8 Å². The van der Waals surface area contributed by atoms with Gasteiger partial charge < -0.3 is 11.2 Å². The lowest BCUT2D eigenvalue weighted by atomic mass is 10.0. The number of primary amides is 1. The first-order chi connectivity index (χ1) is 8.66. The predicted molar refractivity (Wildman–Crippen MR) is 72.5 cm³/mol. The van der Waals surface area contributed by atoms with Crippen LogP contribution in [-0.2, 0) is 14.8 Å². The summed E-state index contributed by atoms with van der Waals surface area (Å²) < 4.78 is 26.7. The van der Waals surface area contributed by atoms with Crippen molar-refractivity contribution in [2.45, 2.75) is 30.7 Å². The van der Waals surface area contributed by atoms with Crippen LogP contribution in [0.5, 0.6) is 0 Å². The second kappa shape index (κ2) is 5.55. The number of nitrogens with one attached hydrogen (secondary N) is 2. The van der Waals surface area contributed by atoms with Crippen molar-refractivity contribution < 1.29 is 13.2 Å². The van der Waals surface area contributed by atoms with E-state index in [4.69, 9.17) is 11.6 Å². The average molecular weight is 286 g/mol. The minimum absolute atomic E-state index is 0.0871. The lowest BCUT2D eigenvalue weighted by Crippen LogP contribution is -2.45. The van der Waals surface area contributed by atoms with E-state index in [2.05, 4.69) is 10.1 Å². The zero-order valence-electron chi connectivity index (χ0n) is 10.8. The molecule has 1 aromatic rings. The van der Waals surface area contributed by atoms with Crippen LogP contribution < -0.4 is 21.7 Å². The smallest absolute Gasteiger partial charge is 0.241 e. The third-order valence-corrected chi connectivity index (χ3v) is 4.07. The summed E-state index contributed by atoms with van der Waals surface area (Å²) in [6, 6.07) is 5.90. The molecule has 0 atom stereocenters. The molecule has 0 aliphatic carbocycles. The first-order valence-electron chi connectivity index (χ1n) is 5.55. The normalized spacial score (nSPS) is 12.2. The fourth-order valence-electron chi connectivity index (χ4n) is 1.62. The van der Waals surface area contributed by atoms with Crippen LogP contribution >= 0.6 is 0 Å². The van der Waals surface area contributed by atoms with Crippen molar-refractivity contribution in [1.82, 2.24) is 4.72 Å². The Hall–Kier alpha value is -1.64. The highest BCUT2D eigenvalue weighted by molar-refractivity contribution is 7.89. The molecular formula is C11H18N4O3S. The molecule has 8 heteroatoms. The van der Waals surface area contributed by atoms with Crippen molar-refractivity contribution in [3.05, 3.63) is 24.3 Å². The fourth-order valence-corrected chi connectivity index (χ4v) is 3.04. The van der Waals surface area contributed by atoms with Gasteiger partial charge >= 0.3 is 0 Å². The van der Waals surface area contributed by atoms with Crippen LogP contribution in [0.3, 0.4) is 0 Å². The Labute approximate surface area is 112 Å². The largest absolute Gasteiger partial charge is 0.370 e. The van der Waals surface area contributed by atoms with Gasteiger partial charge in [0.1, 0.15) is 0 Å². The van der Waals surface area contributed by atoms with Crippen LogP contribution in [0.25, 0.3) is 0 Å². The van der Waals surface area contributed by atoms with Gasteiger partial charge in [-0.1, -0.05) is 0 Å². The molecule has 0 saturated heterocycles. The van der Waals surface area contributed by atoms with E-state index >= 15 is 0 Å². The van der Waals surface area contributed by atoms with Crippen molar-refractivity contribution in [3.8, 4) is 0 Å². The summed E-state index contributed by atoms with van der Waals surface area (Å²) in [5.74, 6) is 4.63. The van der Waals surface area contributed by atoms with Crippen LogP contribution in [0.4, 0.5) is 5.69 Å². The molecule has 0 fully saturated rings. The van der Waals surface area contributed by atoms with E-state index in [0.717, 1.165) is 0 Å². The molecule has 0 aliphatic heterocycles. The predicted octanol–water partition coefficient (Wildman–Crippen LogP) is -0.0955. The Morgan fingerprint density at radius 1 is 1.26 bits per heavy atom. The molecular weight excluding hydrogens is 268 g/mol. The van der Waals surface area contributed by atoms with Crippen LogP contribution in [0.2, 0.25) is 0 Å². The van der Waals surface area contributed by atoms with E-state index in [0.29, 0.717) is 5.69 Å². The van der Waals surface area contributed by atoms with Gasteiger partial charge in [-0.3, -0.25) is 10.6 Å². The van der Waals surface area contributed by atoms with E-state index in [1.807, 2.05) is 0 Å². The molecule has 0 aromatic heterocycles. The van der Waals surface area contributed by atoms with E-state index < -0.39 is 21.5 Å². The van der Waals surface area contributed by atoms with Crippen molar-refractivity contribution in [3.63, 3.8) is 0 Å². The standard InChI is InChI=1S/C11H18N4O3S/c1-11(2,7-10(12)16)15-19(17,18)9-5-3-8(14-13)4-6-9/h3-6,14-15H,7,13H2,1-2H3,(H2,12,16). The average Bonchev–Trinajstić information content (AvgIpc) is 2.25. The highest BCUT2D eigenvalue weighted by Crippen LogP contribution is 2.17. The highest BCUT2D eigenvalue weighted by atomic mass is 32.2. The molecule has 0 radical (unpaired) electrons. The molecule has 1 rings (SSSR count). The SMILES string of the molecule is CC(C)(CC(N)=O)NS(=O)(=O)c1ccc(NN)cc1. The van der Waals surface area contributed by atoms with Crippen molar-refractivity contribution in [2.24, 2.45) is 11.6 Å². The van der Waals surface area contributed by atoms with Crippen LogP contribution in [-0.4, -0.2) is 19.9 Å². The number of nitrogens with two attached hydrogens (primary N) is 2. The summed E-state index contributed by atoms with van der Waals surface area (Å²) in [6.45, 7) is 3.18. The minimum Gasteiger partial charge on any atom is -0.370 e. The molecule has 0 saturated carbocycles. The number of benzene rings is 1. The number of hydrogen-bond donors (Lipinski definition) is 4. The summed E-state index contributed by atoms with van der Waals surface area (Å²) in [4.78, 5) is 11.0. The van der Waals surface area contributed by atoms with Gasteiger partial charge in [0, 0.05) is 17.6 Å². The molecule has 7 nitrogen and oxygen atoms in total. The first kappa shape index (κ1) is 15.4. The second-order valence-corrected chi connectivity index (χ2v) is 6.48. The Morgan fingerprint density at radius 3 is 2.21 bits per heavy atom. The molecule has 19 heavy (non-hydrogen) atoms. The number of nitrogen functional groups attached to an aromatic ring is 1. The monoisotopic (exact) mass is 286 g/mol. The summed E-state index contributed by atoms with van der Waals surface area (Å²) in [5, 5.41) is 0. The van der Waals surface area contributed by atoms with E-state index in [1.165, 1.54) is 24.3 Å². The zero-order chi connectivity index (χ0) is 14.7. The van der Waals surface area contributed by atoms with Gasteiger partial charge in [-0.05, 0) is 38.1 Å². The lowest BCUT2D eigenvalue weighted by Gasteiger charge is -2.24. The Bertz CT molecular complexity index is 552. The lowest BCUT2D eigenvalue weighted by molar-refractivity contribution is -0.119. The molecule has 0 aliphatic rings. The number of hydrogen-bond acceptors (Lipinski definition) is 5. The molecule has 0 unspecified atom stereocenters. The minimum atomic E-state index is -3.71. The van der Waals surface area contributed by atoms with E-state index in [9.17, 15) is 13.2 Å². The Kier molecular flexibility index (Phi) is 4.51. The fraction of sp³-hybridized carbons (Fsp3) is 0.364. The van der Waals surface area contributed by atoms with Crippen LogP contribution in [0.15, 0.2) is 29.2 Å². The molecule has 1 aromatic carbocycles. The van der Waals surface area contributed by atoms with Crippen molar-refractivity contribution in [2.75, 3.05) is 5.43 Å². The van der Waals surface area contributed by atoms with Crippen LogP contribution in [0.1, 0.15) is 20.3 Å². The maximum atomic E-state index is 12.1. The third kappa shape index (κ3) is 4.51. The zero-order valence-corrected chi connectivity index (χ0v) is 11.6. The molecule has 0 heterocycles. The van der Waals surface area contributed by atoms with Gasteiger partial charge in [-0.2, -0.15) is 0 Å². The Balaban J connectivity index is 2.94. The number of anilines is 1. The summed E-state index contributed by atoms with van der Waals surface area (Å²) in [7, 11) is -3.71. The maximum Gasteiger partial charge on any atom is 0.241 e. The van der Waals surface area contributed by atoms with E-state index in [-0.39, 0.29) is 11.3 Å². The topological polar surface area (TPSA) is 127 Å². The molecule has 6 N–H and O–H groups in total. The number of hydrazine groups is 1. The summed E-state index contributed by atoms with van der Waals surface area (Å²) >= 11 is 0. The summed E-state index contributed by atoms with van der Waals surface area (Å²) in [6.07, 6.45) is -0.0886. The van der Waals surface area contributed by atoms with Gasteiger partial charge in [-0.25, -0.2) is 13.1 Å². The number of rotatable bonds is 6. The van der Waals surface area contributed by atoms with Gasteiger partial charge in [0.15, 0.2) is 0 Å². The first-order valence-corrected chi connectivity index (χ1v) is 7.03. The Morgan fingerprint density at radius 2 is 1.79 bits per heavy atom. The molecule has 0 bridgehead atoms. The van der Waals surface area contributed by atoms with Gasteiger partial charge in [0.2, 0.25) is 15.9 Å². The van der Waals surface area contributed by atoms with Gasteiger partial charge in [-0.15, -0.1) is 0 Å². The second-order valence-electron chi connectivity index (χ2n) is 4.80. The molecule has 106 valence electrons. The van der Waals surface area contributed by atoms with Gasteiger partial charge in [0.25, 0.3) is 0 Å². The summed E-state index contributed by atoms with van der Waals surface area (Å²) in [5.41, 5.74) is 7.13. The number of amides is 1. The maximum absolute atomic E-state index is 12.1. The van der Waals surface area contributed by atoms with Crippen molar-refractivity contribution >= 4 is 21.6 Å². The molecule has 1 amide bonds. The number of carbonyl (C=O) groups excluding carboxylic acids is 1. The number of carbonyl (C=O) groups is 1. The number of sulfonamides is 1. The van der Waals surface area contributed by atoms with Crippen molar-refractivity contribution in [1.29, 1.82) is 0 Å².